The SMILES string of the molecule is C=C(C[C@H](NC(=O)c1ccc(CCc2ccc3nc(N)nc(N)c3c2)cc1)C(=O)O)C(=O)O.C=C(C[C@H](NC(=O)c1ccc(CCc2ccc3nc(N)nc(N)c3c2)cc1)C(=O)OCC)C(=O)OCC.[Na+].[OH-]. The number of ether oxygens (including phenoxy) is 2. The zero-order valence-corrected chi connectivity index (χ0v) is 42.0. The Bertz CT molecular complexity index is 2950. The van der Waals surface area contributed by atoms with E-state index in [1.54, 1.807) is 50.2 Å². The second-order valence-corrected chi connectivity index (χ2v) is 15.8. The Balaban J connectivity index is 0.000000372. The number of nitrogens with zero attached hydrogens (tertiary/aromatic N) is 4. The Morgan fingerprint density at radius 3 is 1.36 bits per heavy atom. The van der Waals surface area contributed by atoms with E-state index in [4.69, 9.17) is 37.5 Å². The van der Waals surface area contributed by atoms with E-state index in [-0.39, 0.29) is 83.3 Å². The van der Waals surface area contributed by atoms with Crippen LogP contribution in [0.2, 0.25) is 0 Å². The molecule has 0 bridgehead atoms. The smallest absolute Gasteiger partial charge is 0.870 e. The third-order valence-electron chi connectivity index (χ3n) is 10.7. The molecule has 0 spiro atoms. The number of benzene rings is 4. The van der Waals surface area contributed by atoms with Gasteiger partial charge in [0.1, 0.15) is 23.7 Å². The summed E-state index contributed by atoms with van der Waals surface area (Å²) < 4.78 is 9.96. The minimum atomic E-state index is -1.39. The monoisotopic (exact) mass is 994 g/mol. The number of fused-ring (bicyclic) bond motifs is 2. The number of anilines is 4. The molecule has 2 amide bonds. The molecular weight excluding hydrogens is 940 g/mol. The van der Waals surface area contributed by atoms with Gasteiger partial charge in [-0.1, -0.05) is 49.6 Å². The summed E-state index contributed by atoms with van der Waals surface area (Å²) in [6.45, 7) is 10.6. The number of aliphatic carboxylic acids is 2. The van der Waals surface area contributed by atoms with Gasteiger partial charge in [-0.05, 0) is 110 Å². The molecule has 0 aliphatic rings. The van der Waals surface area contributed by atoms with Crippen molar-refractivity contribution in [1.29, 1.82) is 0 Å². The van der Waals surface area contributed by atoms with Crippen molar-refractivity contribution in [3.8, 4) is 0 Å². The Hall–Kier alpha value is -7.98. The van der Waals surface area contributed by atoms with Gasteiger partial charge >= 0.3 is 53.4 Å². The number of nitrogen functional groups attached to an aromatic ring is 4. The summed E-state index contributed by atoms with van der Waals surface area (Å²) in [6.07, 6.45) is 2.36. The van der Waals surface area contributed by atoms with Crippen molar-refractivity contribution >= 4 is 81.0 Å². The van der Waals surface area contributed by atoms with Gasteiger partial charge in [0, 0.05) is 45.9 Å². The van der Waals surface area contributed by atoms with Crippen molar-refractivity contribution in [2.45, 2.75) is 64.5 Å². The van der Waals surface area contributed by atoms with Crippen LogP contribution in [0.4, 0.5) is 23.5 Å². The van der Waals surface area contributed by atoms with Crippen LogP contribution in [-0.4, -0.2) is 96.6 Å². The molecule has 0 saturated carbocycles. The molecule has 2 heterocycles. The molecule has 0 aliphatic carbocycles. The van der Waals surface area contributed by atoms with Crippen molar-refractivity contribution < 1.29 is 83.5 Å². The number of carboxylic acids is 2. The number of rotatable bonds is 20. The van der Waals surface area contributed by atoms with E-state index < -0.39 is 54.2 Å². The van der Waals surface area contributed by atoms with E-state index in [9.17, 15) is 33.9 Å². The molecule has 0 saturated heterocycles. The molecule has 13 N–H and O–H groups in total. The number of carbonyl (C=O) groups excluding carboxylic acids is 4. The van der Waals surface area contributed by atoms with Crippen LogP contribution in [0.25, 0.3) is 21.8 Å². The number of amides is 2. The maximum atomic E-state index is 12.8. The third kappa shape index (κ3) is 16.6. The van der Waals surface area contributed by atoms with E-state index >= 15 is 0 Å². The molecule has 2 atom stereocenters. The van der Waals surface area contributed by atoms with Gasteiger partial charge in [-0.15, -0.1) is 0 Å². The van der Waals surface area contributed by atoms with Crippen molar-refractivity contribution in [3.63, 3.8) is 0 Å². The zero-order chi connectivity index (χ0) is 51.1. The summed E-state index contributed by atoms with van der Waals surface area (Å²) in [5, 5.41) is 24.6. The maximum absolute atomic E-state index is 12.8. The molecule has 2 aromatic heterocycles. The van der Waals surface area contributed by atoms with Crippen molar-refractivity contribution in [2.75, 3.05) is 36.1 Å². The predicted octanol–water partition coefficient (Wildman–Crippen LogP) is 1.37. The predicted molar refractivity (Wildman–Crippen MR) is 265 cm³/mol. The fraction of sp³-hybridized carbons (Fsp3) is 0.240. The van der Waals surface area contributed by atoms with Gasteiger partial charge < -0.3 is 58.7 Å². The van der Waals surface area contributed by atoms with E-state index in [1.165, 1.54) is 0 Å². The van der Waals surface area contributed by atoms with Gasteiger partial charge in [0.05, 0.1) is 24.2 Å². The third-order valence-corrected chi connectivity index (χ3v) is 10.7. The topological polar surface area (TPSA) is 371 Å². The van der Waals surface area contributed by atoms with Gasteiger partial charge in [-0.3, -0.25) is 9.59 Å². The number of carbonyl (C=O) groups is 6. The quantitative estimate of drug-likeness (QED) is 0.0304. The molecule has 21 nitrogen and oxygen atoms in total. The van der Waals surface area contributed by atoms with Crippen LogP contribution in [0.1, 0.15) is 69.7 Å². The summed E-state index contributed by atoms with van der Waals surface area (Å²) in [6, 6.07) is 22.8. The molecule has 0 aliphatic heterocycles. The molecule has 372 valence electrons. The molecule has 6 aromatic rings. The van der Waals surface area contributed by atoms with E-state index in [0.717, 1.165) is 45.9 Å². The molecule has 22 heteroatoms. The second-order valence-electron chi connectivity index (χ2n) is 15.8. The molecule has 72 heavy (non-hydrogen) atoms. The van der Waals surface area contributed by atoms with E-state index in [2.05, 4.69) is 43.7 Å². The van der Waals surface area contributed by atoms with Gasteiger partial charge in [-0.25, -0.2) is 29.1 Å². The van der Waals surface area contributed by atoms with Crippen LogP contribution in [0.5, 0.6) is 0 Å². The Morgan fingerprint density at radius 2 is 0.958 bits per heavy atom. The fourth-order valence-electron chi connectivity index (χ4n) is 6.99. The normalized spacial score (nSPS) is 11.2. The number of hydrogen-bond donors (Lipinski definition) is 8. The number of aromatic nitrogens is 4. The van der Waals surface area contributed by atoms with Crippen LogP contribution < -0.4 is 63.1 Å². The number of nitrogens with one attached hydrogen (secondary N) is 2. The minimum absolute atomic E-state index is 0. The Labute approximate surface area is 436 Å². The first-order chi connectivity index (χ1) is 33.3. The average Bonchev–Trinajstić information content (AvgIpc) is 3.32. The molecule has 0 radical (unpaired) electrons. The number of nitrogens with two attached hydrogens (primary N) is 4. The average molecular weight is 995 g/mol. The summed E-state index contributed by atoms with van der Waals surface area (Å²) in [4.78, 5) is 88.1. The van der Waals surface area contributed by atoms with Crippen LogP contribution in [0.3, 0.4) is 0 Å². The number of aryl methyl sites for hydroxylation is 4. The standard InChI is InChI=1S/C27H31N5O5.C23H23N5O5.Na.H2O/c1-4-36-25(34)16(3)14-22(26(35)37-5-2)30-24(33)19-11-8-17(9-12-19)6-7-18-10-13-21-20(15-18)23(28)32-27(29)31-21;1-12(21(30)31)10-18(22(32)33)26-20(29)15-7-4-13(5-8-15)2-3-14-6-9-17-16(11-14)19(24)28-23(25)27-17;;/h8-13,15,22H,3-7,14H2,1-2H3,(H,30,33)(H4,28,29,31,32);4-9,11,18H,1-3,10H2,(H,26,29)(H,30,31)(H,32,33)(H4,24,25,27,28);;1H2/q;;+1;/p-1/t22-;18-;;/m00../s1. The number of esters is 2. The fourth-order valence-corrected chi connectivity index (χ4v) is 6.99. The molecule has 6 rings (SSSR count). The van der Waals surface area contributed by atoms with E-state index in [0.29, 0.717) is 41.1 Å². The van der Waals surface area contributed by atoms with Gasteiger partial charge in [0.15, 0.2) is 0 Å². The van der Waals surface area contributed by atoms with Crippen LogP contribution in [0.15, 0.2) is 109 Å². The van der Waals surface area contributed by atoms with Crippen LogP contribution in [-0.2, 0) is 54.3 Å². The number of hydrogen-bond acceptors (Lipinski definition) is 17. The largest absolute Gasteiger partial charge is 1.00 e. The first-order valence-electron chi connectivity index (χ1n) is 21.9. The van der Waals surface area contributed by atoms with Crippen LogP contribution in [0, 0.1) is 0 Å². The first kappa shape index (κ1) is 58.3. The van der Waals surface area contributed by atoms with Crippen molar-refractivity contribution in [2.24, 2.45) is 0 Å². The first-order valence-corrected chi connectivity index (χ1v) is 21.9. The molecule has 4 aromatic carbocycles. The Morgan fingerprint density at radius 1 is 0.569 bits per heavy atom. The summed E-state index contributed by atoms with van der Waals surface area (Å²) >= 11 is 0. The summed E-state index contributed by atoms with van der Waals surface area (Å²) in [7, 11) is 0. The minimum Gasteiger partial charge on any atom is -0.870 e. The molecule has 0 fully saturated rings. The van der Waals surface area contributed by atoms with E-state index in [1.807, 2.05) is 48.5 Å². The van der Waals surface area contributed by atoms with Crippen molar-refractivity contribution in [3.05, 3.63) is 143 Å². The summed E-state index contributed by atoms with van der Waals surface area (Å²) in [5.74, 6) is -4.09. The van der Waals surface area contributed by atoms with Gasteiger partial charge in [0.25, 0.3) is 11.8 Å². The molecule has 0 unspecified atom stereocenters. The number of carboxylic acid groups (broad SMARTS) is 2. The maximum Gasteiger partial charge on any atom is 1.00 e. The zero-order valence-electron chi connectivity index (χ0n) is 40.0. The van der Waals surface area contributed by atoms with Gasteiger partial charge in [-0.2, -0.15) is 9.97 Å². The van der Waals surface area contributed by atoms with Crippen LogP contribution >= 0.6 is 0 Å². The second kappa shape index (κ2) is 27.4. The van der Waals surface area contributed by atoms with Crippen molar-refractivity contribution in [1.82, 2.24) is 30.6 Å². The Kier molecular flexibility index (Phi) is 22.2. The van der Waals surface area contributed by atoms with Gasteiger partial charge in [0.2, 0.25) is 11.9 Å². The molecular formula is C50H55N10NaO11. The summed E-state index contributed by atoms with van der Waals surface area (Å²) in [5.41, 5.74) is 29.0.